The Bertz CT molecular complexity index is 312. The van der Waals surface area contributed by atoms with Crippen LogP contribution in [0.2, 0.25) is 0 Å². The number of rotatable bonds is 3. The Morgan fingerprint density at radius 2 is 2.07 bits per heavy atom. The number of carbonyl (C=O) groups is 1. The van der Waals surface area contributed by atoms with Gasteiger partial charge in [-0.05, 0) is 18.9 Å². The second kappa shape index (κ2) is 3.58. The average molecular weight is 196 g/mol. The predicted octanol–water partition coefficient (Wildman–Crippen LogP) is 1.43. The number of Topliss-reactive ketones (excluding diaryl/α,β-unsaturated/α-hetero) is 1. The molecular weight excluding hydrogens is 180 g/mol. The molecule has 3 nitrogen and oxygen atoms in total. The molecule has 1 N–H and O–H groups in total. The Labute approximate surface area is 84.1 Å². The number of methoxy groups -OCH3 is 1. The van der Waals surface area contributed by atoms with Gasteiger partial charge >= 0.3 is 0 Å². The first-order valence-electron chi connectivity index (χ1n) is 4.68. The molecule has 1 aliphatic carbocycles. The summed E-state index contributed by atoms with van der Waals surface area (Å²) in [5, 5.41) is 9.94. The van der Waals surface area contributed by atoms with Crippen molar-refractivity contribution in [3.05, 3.63) is 23.5 Å². The average Bonchev–Trinajstić information content (AvgIpc) is 2.12. The summed E-state index contributed by atoms with van der Waals surface area (Å²) < 4.78 is 5.06. The number of ether oxygens (including phenoxy) is 1. The molecule has 0 spiro atoms. The Morgan fingerprint density at radius 3 is 2.43 bits per heavy atom. The molecule has 0 bridgehead atoms. The maximum absolute atomic E-state index is 11.6. The molecule has 1 atom stereocenters. The van der Waals surface area contributed by atoms with Crippen molar-refractivity contribution in [1.82, 2.24) is 0 Å². The molecule has 78 valence electrons. The quantitative estimate of drug-likeness (QED) is 0.695. The zero-order chi connectivity index (χ0) is 10.9. The molecule has 3 heteroatoms. The van der Waals surface area contributed by atoms with Crippen molar-refractivity contribution in [2.24, 2.45) is 5.92 Å². The smallest absolute Gasteiger partial charge is 0.206 e. The minimum absolute atomic E-state index is 0.0861. The molecule has 0 aromatic heterocycles. The second-order valence-corrected chi connectivity index (χ2v) is 3.70. The van der Waals surface area contributed by atoms with Crippen molar-refractivity contribution in [2.75, 3.05) is 7.11 Å². The van der Waals surface area contributed by atoms with Gasteiger partial charge in [0.05, 0.1) is 7.11 Å². The fraction of sp³-hybridized carbons (Fsp3) is 0.545. The summed E-state index contributed by atoms with van der Waals surface area (Å²) in [6, 6.07) is 0. The van der Waals surface area contributed by atoms with Gasteiger partial charge in [-0.1, -0.05) is 19.9 Å². The lowest BCUT2D eigenvalue weighted by Gasteiger charge is -2.37. The van der Waals surface area contributed by atoms with E-state index in [1.54, 1.807) is 13.0 Å². The Kier molecular flexibility index (Phi) is 2.81. The maximum Gasteiger partial charge on any atom is 0.206 e. The monoisotopic (exact) mass is 196 g/mol. The van der Waals surface area contributed by atoms with E-state index in [2.05, 4.69) is 0 Å². The van der Waals surface area contributed by atoms with Crippen LogP contribution in [0.1, 0.15) is 20.8 Å². The van der Waals surface area contributed by atoms with Crippen LogP contribution < -0.4 is 0 Å². The fourth-order valence-electron chi connectivity index (χ4n) is 1.74. The molecule has 1 aliphatic rings. The van der Waals surface area contributed by atoms with E-state index in [1.165, 1.54) is 13.2 Å². The highest BCUT2D eigenvalue weighted by molar-refractivity contribution is 6.13. The lowest BCUT2D eigenvalue weighted by Crippen LogP contribution is -2.51. The Hall–Kier alpha value is -1.09. The third kappa shape index (κ3) is 1.28. The summed E-state index contributed by atoms with van der Waals surface area (Å²) in [6.07, 6.45) is 3.11. The maximum atomic E-state index is 11.6. The van der Waals surface area contributed by atoms with Gasteiger partial charge in [0.25, 0.3) is 0 Å². The molecule has 0 aliphatic heterocycles. The van der Waals surface area contributed by atoms with E-state index in [1.807, 2.05) is 13.8 Å². The van der Waals surface area contributed by atoms with Gasteiger partial charge in [0.1, 0.15) is 5.76 Å². The van der Waals surface area contributed by atoms with E-state index in [0.29, 0.717) is 11.3 Å². The highest BCUT2D eigenvalue weighted by atomic mass is 16.5. The van der Waals surface area contributed by atoms with E-state index >= 15 is 0 Å². The number of hydrogen-bond acceptors (Lipinski definition) is 3. The summed E-state index contributed by atoms with van der Waals surface area (Å²) in [5.74, 6) is 0.223. The van der Waals surface area contributed by atoms with Crippen molar-refractivity contribution in [3.63, 3.8) is 0 Å². The van der Waals surface area contributed by atoms with Gasteiger partial charge in [0.2, 0.25) is 11.4 Å². The van der Waals surface area contributed by atoms with Crippen LogP contribution in [0, 0.1) is 5.92 Å². The lowest BCUT2D eigenvalue weighted by molar-refractivity contribution is -0.135. The second-order valence-electron chi connectivity index (χ2n) is 3.70. The summed E-state index contributed by atoms with van der Waals surface area (Å²) in [7, 11) is 1.47. The Balaban J connectivity index is 3.14. The highest BCUT2D eigenvalue weighted by Gasteiger charge is 2.52. The third-order valence-corrected chi connectivity index (χ3v) is 2.37. The van der Waals surface area contributed by atoms with Crippen LogP contribution in [-0.4, -0.2) is 23.6 Å². The molecular formula is C11H16O3. The molecule has 14 heavy (non-hydrogen) atoms. The first-order valence-corrected chi connectivity index (χ1v) is 4.68. The van der Waals surface area contributed by atoms with Gasteiger partial charge in [-0.25, -0.2) is 0 Å². The molecule has 0 fully saturated rings. The minimum atomic E-state index is -1.51. The van der Waals surface area contributed by atoms with Crippen molar-refractivity contribution < 1.29 is 14.6 Å². The number of ketones is 1. The van der Waals surface area contributed by atoms with E-state index < -0.39 is 5.60 Å². The van der Waals surface area contributed by atoms with Crippen molar-refractivity contribution in [2.45, 2.75) is 26.4 Å². The summed E-state index contributed by atoms with van der Waals surface area (Å²) >= 11 is 0. The number of hydrogen-bond donors (Lipinski definition) is 1. The lowest BCUT2D eigenvalue weighted by atomic mass is 9.73. The van der Waals surface area contributed by atoms with Crippen molar-refractivity contribution in [1.29, 1.82) is 0 Å². The molecule has 1 rings (SSSR count). The van der Waals surface area contributed by atoms with Crippen molar-refractivity contribution >= 4 is 5.78 Å². The van der Waals surface area contributed by atoms with Gasteiger partial charge in [0, 0.05) is 5.57 Å². The van der Waals surface area contributed by atoms with Crippen LogP contribution >= 0.6 is 0 Å². The highest BCUT2D eigenvalue weighted by Crippen LogP contribution is 2.40. The summed E-state index contributed by atoms with van der Waals surface area (Å²) in [4.78, 5) is 11.6. The van der Waals surface area contributed by atoms with Crippen LogP contribution in [0.4, 0.5) is 0 Å². The molecule has 0 amide bonds. The number of aliphatic hydroxyl groups is 1. The van der Waals surface area contributed by atoms with E-state index in [9.17, 15) is 9.90 Å². The van der Waals surface area contributed by atoms with Crippen LogP contribution in [0.15, 0.2) is 23.5 Å². The largest absolute Gasteiger partial charge is 0.497 e. The molecule has 0 heterocycles. The third-order valence-electron chi connectivity index (χ3n) is 2.37. The van der Waals surface area contributed by atoms with Gasteiger partial charge < -0.3 is 9.84 Å². The van der Waals surface area contributed by atoms with Gasteiger partial charge in [-0.3, -0.25) is 4.79 Å². The Morgan fingerprint density at radius 1 is 1.50 bits per heavy atom. The minimum Gasteiger partial charge on any atom is -0.497 e. The van der Waals surface area contributed by atoms with Gasteiger partial charge in [-0.2, -0.15) is 0 Å². The zero-order valence-corrected chi connectivity index (χ0v) is 9.00. The van der Waals surface area contributed by atoms with Gasteiger partial charge in [0.15, 0.2) is 0 Å². The first-order chi connectivity index (χ1) is 6.49. The normalized spacial score (nSPS) is 27.4. The van der Waals surface area contributed by atoms with Crippen LogP contribution in [0.5, 0.6) is 0 Å². The van der Waals surface area contributed by atoms with Crippen LogP contribution in [0.25, 0.3) is 0 Å². The number of carbonyl (C=O) groups excluding carboxylic acids is 1. The van der Waals surface area contributed by atoms with E-state index in [0.717, 1.165) is 0 Å². The van der Waals surface area contributed by atoms with E-state index in [-0.39, 0.29) is 11.7 Å². The first kappa shape index (κ1) is 11.0. The van der Waals surface area contributed by atoms with Crippen molar-refractivity contribution in [3.8, 4) is 0 Å². The van der Waals surface area contributed by atoms with Crippen LogP contribution in [0.3, 0.4) is 0 Å². The van der Waals surface area contributed by atoms with Crippen LogP contribution in [-0.2, 0) is 9.53 Å². The summed E-state index contributed by atoms with van der Waals surface area (Å²) in [6.45, 7) is 5.56. The molecule has 1 unspecified atom stereocenters. The standard InChI is InChI=1S/C11H16O3/c1-5-6-11(13)9(12)8(7(2)3)10(11)14-4/h5-7,13H,1-4H3/b6-5+. The topological polar surface area (TPSA) is 46.5 Å². The predicted molar refractivity (Wildman–Crippen MR) is 53.6 cm³/mol. The van der Waals surface area contributed by atoms with E-state index in [4.69, 9.17) is 4.74 Å². The number of allylic oxidation sites excluding steroid dienone is 1. The molecule has 0 aromatic carbocycles. The van der Waals surface area contributed by atoms with Gasteiger partial charge in [-0.15, -0.1) is 0 Å². The zero-order valence-electron chi connectivity index (χ0n) is 9.00. The molecule has 0 saturated heterocycles. The molecule has 0 saturated carbocycles. The fourth-order valence-corrected chi connectivity index (χ4v) is 1.74. The summed E-state index contributed by atoms with van der Waals surface area (Å²) in [5.41, 5.74) is -0.920. The molecule has 0 aromatic rings. The molecule has 0 radical (unpaired) electrons. The SMILES string of the molecule is C/C=C/C1(O)C(=O)C(C(C)C)=C1OC.